The van der Waals surface area contributed by atoms with E-state index in [1.54, 1.807) is 18.2 Å². The highest BCUT2D eigenvalue weighted by molar-refractivity contribution is 6.09. The maximum Gasteiger partial charge on any atom is 0.416 e. The molecule has 1 N–H and O–H groups in total. The van der Waals surface area contributed by atoms with Crippen LogP contribution in [0.1, 0.15) is 11.1 Å². The summed E-state index contributed by atoms with van der Waals surface area (Å²) < 4.78 is 48.0. The Morgan fingerprint density at radius 1 is 1.07 bits per heavy atom. The number of nitrogens with one attached hydrogen (secondary N) is 1. The van der Waals surface area contributed by atoms with Gasteiger partial charge >= 0.3 is 6.18 Å². The molecule has 0 aromatic heterocycles. The molecule has 2 rings (SSSR count). The second kappa shape index (κ2) is 8.27. The minimum Gasteiger partial charge on any atom is -0.493 e. The molecule has 0 aliphatic carbocycles. The minimum absolute atomic E-state index is 0.260. The van der Waals surface area contributed by atoms with Crippen LogP contribution in [0.2, 0.25) is 0 Å². The molecule has 2 aromatic rings. The van der Waals surface area contributed by atoms with Crippen molar-refractivity contribution in [3.63, 3.8) is 0 Å². The lowest BCUT2D eigenvalue weighted by Gasteiger charge is -2.10. The summed E-state index contributed by atoms with van der Waals surface area (Å²) in [6, 6.07) is 10.5. The van der Waals surface area contributed by atoms with Crippen molar-refractivity contribution in [2.75, 3.05) is 19.5 Å². The summed E-state index contributed by atoms with van der Waals surface area (Å²) in [6.07, 6.45) is -3.25. The first-order chi connectivity index (χ1) is 12.8. The Balaban J connectivity index is 2.21. The Morgan fingerprint density at radius 3 is 2.22 bits per heavy atom. The monoisotopic (exact) mass is 376 g/mol. The topological polar surface area (TPSA) is 71.3 Å². The molecule has 8 heteroatoms. The quantitative estimate of drug-likeness (QED) is 0.625. The summed E-state index contributed by atoms with van der Waals surface area (Å²) in [7, 11) is 2.91. The molecule has 140 valence electrons. The van der Waals surface area contributed by atoms with Gasteiger partial charge in [0.1, 0.15) is 11.6 Å². The number of nitriles is 1. The van der Waals surface area contributed by atoms with Crippen LogP contribution in [0, 0.1) is 11.3 Å². The lowest BCUT2D eigenvalue weighted by molar-refractivity contribution is -0.137. The highest BCUT2D eigenvalue weighted by Crippen LogP contribution is 2.30. The molecule has 0 atom stereocenters. The number of anilines is 1. The van der Waals surface area contributed by atoms with Gasteiger partial charge in [0.15, 0.2) is 11.5 Å². The van der Waals surface area contributed by atoms with Crippen molar-refractivity contribution in [1.29, 1.82) is 5.26 Å². The third-order valence-corrected chi connectivity index (χ3v) is 3.56. The van der Waals surface area contributed by atoms with Crippen molar-refractivity contribution in [1.82, 2.24) is 0 Å². The van der Waals surface area contributed by atoms with E-state index in [9.17, 15) is 23.2 Å². The number of nitrogens with zero attached hydrogens (tertiary/aromatic N) is 1. The predicted molar refractivity (Wildman–Crippen MR) is 93.2 cm³/mol. The van der Waals surface area contributed by atoms with Crippen molar-refractivity contribution in [2.24, 2.45) is 0 Å². The number of methoxy groups -OCH3 is 2. The number of carbonyl (C=O) groups is 1. The zero-order valence-corrected chi connectivity index (χ0v) is 14.4. The average Bonchev–Trinajstić information content (AvgIpc) is 2.65. The molecular formula is C19H15F3N2O3. The lowest BCUT2D eigenvalue weighted by Crippen LogP contribution is -2.13. The van der Waals surface area contributed by atoms with E-state index in [1.807, 2.05) is 0 Å². The van der Waals surface area contributed by atoms with Crippen LogP contribution < -0.4 is 14.8 Å². The van der Waals surface area contributed by atoms with Crippen molar-refractivity contribution in [2.45, 2.75) is 6.18 Å². The van der Waals surface area contributed by atoms with E-state index in [2.05, 4.69) is 5.32 Å². The number of carbonyl (C=O) groups excluding carboxylic acids is 1. The van der Waals surface area contributed by atoms with E-state index in [0.29, 0.717) is 22.7 Å². The van der Waals surface area contributed by atoms with Gasteiger partial charge in [-0.05, 0) is 35.9 Å². The fraction of sp³-hybridized carbons (Fsp3) is 0.158. The molecule has 0 saturated heterocycles. The average molecular weight is 376 g/mol. The summed E-state index contributed by atoms with van der Waals surface area (Å²) in [5.41, 5.74) is -0.411. The van der Waals surface area contributed by atoms with Gasteiger partial charge in [-0.15, -0.1) is 0 Å². The van der Waals surface area contributed by atoms with Crippen LogP contribution in [0.15, 0.2) is 48.0 Å². The van der Waals surface area contributed by atoms with E-state index in [1.165, 1.54) is 38.5 Å². The number of alkyl halides is 3. The number of amides is 1. The number of rotatable bonds is 5. The van der Waals surface area contributed by atoms with Gasteiger partial charge in [-0.25, -0.2) is 0 Å². The number of ether oxygens (including phenoxy) is 2. The number of benzene rings is 2. The first-order valence-electron chi connectivity index (χ1n) is 7.61. The Hall–Kier alpha value is -3.47. The zero-order chi connectivity index (χ0) is 20.0. The molecule has 0 saturated carbocycles. The van der Waals surface area contributed by atoms with Crippen LogP contribution in [-0.4, -0.2) is 20.1 Å². The Labute approximate surface area is 153 Å². The van der Waals surface area contributed by atoms with E-state index >= 15 is 0 Å². The maximum atomic E-state index is 12.6. The Bertz CT molecular complexity index is 898. The van der Waals surface area contributed by atoms with Crippen molar-refractivity contribution >= 4 is 17.7 Å². The van der Waals surface area contributed by atoms with Crippen LogP contribution in [-0.2, 0) is 11.0 Å². The van der Waals surface area contributed by atoms with Gasteiger partial charge in [0.05, 0.1) is 19.8 Å². The summed E-state index contributed by atoms with van der Waals surface area (Å²) >= 11 is 0. The van der Waals surface area contributed by atoms with E-state index < -0.39 is 17.6 Å². The summed E-state index contributed by atoms with van der Waals surface area (Å²) in [6.45, 7) is 0. The largest absolute Gasteiger partial charge is 0.493 e. The van der Waals surface area contributed by atoms with Gasteiger partial charge in [0.25, 0.3) is 5.91 Å². The van der Waals surface area contributed by atoms with Crippen LogP contribution >= 0.6 is 0 Å². The first kappa shape index (κ1) is 19.8. The molecule has 0 fully saturated rings. The maximum absolute atomic E-state index is 12.6. The molecular weight excluding hydrogens is 361 g/mol. The molecule has 27 heavy (non-hydrogen) atoms. The highest BCUT2D eigenvalue weighted by atomic mass is 19.4. The molecule has 1 amide bonds. The van der Waals surface area contributed by atoms with Gasteiger partial charge in [-0.2, -0.15) is 18.4 Å². The predicted octanol–water partition coefficient (Wildman–Crippen LogP) is 4.27. The molecule has 5 nitrogen and oxygen atoms in total. The molecule has 0 bridgehead atoms. The smallest absolute Gasteiger partial charge is 0.416 e. The second-order valence-electron chi connectivity index (χ2n) is 5.31. The zero-order valence-electron chi connectivity index (χ0n) is 14.4. The van der Waals surface area contributed by atoms with Crippen LogP contribution in [0.25, 0.3) is 6.08 Å². The Morgan fingerprint density at radius 2 is 1.70 bits per heavy atom. The van der Waals surface area contributed by atoms with Crippen molar-refractivity contribution in [3.05, 3.63) is 59.2 Å². The first-order valence-corrected chi connectivity index (χ1v) is 7.61. The van der Waals surface area contributed by atoms with Gasteiger partial charge in [-0.3, -0.25) is 4.79 Å². The van der Waals surface area contributed by atoms with Gasteiger partial charge in [0, 0.05) is 11.8 Å². The molecule has 0 radical (unpaired) electrons. The van der Waals surface area contributed by atoms with E-state index in [-0.39, 0.29) is 5.57 Å². The van der Waals surface area contributed by atoms with Crippen LogP contribution in [0.3, 0.4) is 0 Å². The minimum atomic E-state index is -4.45. The number of hydrogen-bond donors (Lipinski definition) is 1. The van der Waals surface area contributed by atoms with Gasteiger partial charge < -0.3 is 14.8 Å². The van der Waals surface area contributed by atoms with Crippen LogP contribution in [0.4, 0.5) is 18.9 Å². The fourth-order valence-electron chi connectivity index (χ4n) is 2.20. The molecule has 2 aromatic carbocycles. The normalized spacial score (nSPS) is 11.5. The summed E-state index contributed by atoms with van der Waals surface area (Å²) in [5.74, 6) is 0.154. The molecule has 0 heterocycles. The summed E-state index contributed by atoms with van der Waals surface area (Å²) in [4.78, 5) is 12.3. The van der Waals surface area contributed by atoms with Crippen molar-refractivity contribution in [3.8, 4) is 17.6 Å². The molecule has 0 aliphatic heterocycles. The van der Waals surface area contributed by atoms with Crippen LogP contribution in [0.5, 0.6) is 11.5 Å². The van der Waals surface area contributed by atoms with Crippen molar-refractivity contribution < 1.29 is 27.4 Å². The SMILES string of the molecule is COc1ccc(NC(=O)/C(C#N)=C/c2ccc(C(F)(F)F)cc2)cc1OC. The Kier molecular flexibility index (Phi) is 6.08. The lowest BCUT2D eigenvalue weighted by atomic mass is 10.1. The van der Waals surface area contributed by atoms with E-state index in [0.717, 1.165) is 12.1 Å². The number of halogens is 3. The number of hydrogen-bond acceptors (Lipinski definition) is 4. The summed E-state index contributed by atoms with van der Waals surface area (Å²) in [5, 5.41) is 11.7. The fourth-order valence-corrected chi connectivity index (χ4v) is 2.20. The molecule has 0 unspecified atom stereocenters. The van der Waals surface area contributed by atoms with Gasteiger partial charge in [0.2, 0.25) is 0 Å². The standard InChI is InChI=1S/C19H15F3N2O3/c1-26-16-8-7-15(10-17(16)27-2)24-18(25)13(11-23)9-12-3-5-14(6-4-12)19(20,21)22/h3-10H,1-2H3,(H,24,25)/b13-9+. The molecule has 0 spiro atoms. The van der Waals surface area contributed by atoms with Gasteiger partial charge in [-0.1, -0.05) is 12.1 Å². The highest BCUT2D eigenvalue weighted by Gasteiger charge is 2.29. The van der Waals surface area contributed by atoms with E-state index in [4.69, 9.17) is 9.47 Å². The second-order valence-corrected chi connectivity index (χ2v) is 5.31. The molecule has 0 aliphatic rings. The third kappa shape index (κ3) is 5.01. The third-order valence-electron chi connectivity index (χ3n) is 3.56.